The molecule has 0 saturated heterocycles. The minimum Gasteiger partial charge on any atom is -0.273 e. The first-order chi connectivity index (χ1) is 9.49. The van der Waals surface area contributed by atoms with Crippen LogP contribution in [-0.2, 0) is 10.0 Å². The fraction of sp³-hybridized carbons (Fsp3) is 0. The van der Waals surface area contributed by atoms with Crippen LogP contribution in [0.2, 0.25) is 0 Å². The molecule has 0 spiro atoms. The minimum absolute atomic E-state index is 0.0860. The van der Waals surface area contributed by atoms with E-state index in [0.717, 1.165) is 3.57 Å². The number of hydrogen-bond donors (Lipinski definition) is 2. The van der Waals surface area contributed by atoms with Gasteiger partial charge in [0.2, 0.25) is 0 Å². The van der Waals surface area contributed by atoms with Gasteiger partial charge >= 0.3 is 0 Å². The third-order valence-electron chi connectivity index (χ3n) is 2.46. The normalized spacial score (nSPS) is 11.1. The summed E-state index contributed by atoms with van der Waals surface area (Å²) in [6.07, 6.45) is 0. The molecule has 1 amide bonds. The van der Waals surface area contributed by atoms with Crippen LogP contribution in [-0.4, -0.2) is 14.3 Å². The van der Waals surface area contributed by atoms with E-state index in [1.807, 2.05) is 0 Å². The molecule has 0 bridgehead atoms. The lowest BCUT2D eigenvalue weighted by Crippen LogP contribution is -2.41. The zero-order valence-corrected chi connectivity index (χ0v) is 13.2. The Hall–Kier alpha value is -1.45. The van der Waals surface area contributed by atoms with Gasteiger partial charge in [-0.15, -0.1) is 4.83 Å². The number of benzene rings is 2. The molecule has 0 atom stereocenters. The van der Waals surface area contributed by atoms with Gasteiger partial charge in [0.25, 0.3) is 15.9 Å². The van der Waals surface area contributed by atoms with Crippen molar-refractivity contribution in [2.45, 2.75) is 4.90 Å². The molecular weight excluding hydrogens is 391 g/mol. The molecule has 0 heterocycles. The van der Waals surface area contributed by atoms with Crippen molar-refractivity contribution in [1.82, 2.24) is 10.3 Å². The summed E-state index contributed by atoms with van der Waals surface area (Å²) in [7, 11) is -3.75. The molecule has 0 aliphatic carbocycles. The summed E-state index contributed by atoms with van der Waals surface area (Å²) < 4.78 is 24.8. The molecule has 104 valence electrons. The van der Waals surface area contributed by atoms with Crippen LogP contribution in [0.25, 0.3) is 0 Å². The first kappa shape index (κ1) is 14.9. The molecule has 2 N–H and O–H groups in total. The van der Waals surface area contributed by atoms with Crippen LogP contribution < -0.4 is 10.3 Å². The highest BCUT2D eigenvalue weighted by atomic mass is 127. The van der Waals surface area contributed by atoms with Crippen LogP contribution in [0.4, 0.5) is 0 Å². The summed E-state index contributed by atoms with van der Waals surface area (Å²) in [5.74, 6) is -0.513. The number of hydrogen-bond acceptors (Lipinski definition) is 3. The van der Waals surface area contributed by atoms with Crippen LogP contribution in [0.3, 0.4) is 0 Å². The number of rotatable bonds is 4. The van der Waals surface area contributed by atoms with Crippen molar-refractivity contribution < 1.29 is 13.2 Å². The molecule has 0 aliphatic rings. The van der Waals surface area contributed by atoms with Gasteiger partial charge in [0, 0.05) is 9.13 Å². The predicted octanol–water partition coefficient (Wildman–Crippen LogP) is 1.91. The van der Waals surface area contributed by atoms with Crippen molar-refractivity contribution in [1.29, 1.82) is 0 Å². The Kier molecular flexibility index (Phi) is 4.73. The van der Waals surface area contributed by atoms with E-state index < -0.39 is 15.9 Å². The van der Waals surface area contributed by atoms with Gasteiger partial charge in [-0.1, -0.05) is 18.2 Å². The number of carbonyl (C=O) groups excluding carboxylic acids is 1. The molecule has 0 fully saturated rings. The molecule has 0 radical (unpaired) electrons. The molecule has 2 aromatic carbocycles. The number of halogens is 1. The highest BCUT2D eigenvalue weighted by Crippen LogP contribution is 2.08. The van der Waals surface area contributed by atoms with Crippen LogP contribution in [0.15, 0.2) is 59.5 Å². The number of nitrogens with one attached hydrogen (secondary N) is 2. The maximum atomic E-state index is 11.9. The largest absolute Gasteiger partial charge is 0.273 e. The first-order valence-electron chi connectivity index (χ1n) is 5.62. The quantitative estimate of drug-likeness (QED) is 0.606. The molecule has 0 aliphatic heterocycles. The SMILES string of the molecule is O=C(NNS(=O)(=O)c1ccccc1)c1ccc(I)cc1. The lowest BCUT2D eigenvalue weighted by Gasteiger charge is -2.08. The average Bonchev–Trinajstić information content (AvgIpc) is 2.46. The number of amides is 1. The fourth-order valence-electron chi connectivity index (χ4n) is 1.45. The third kappa shape index (κ3) is 3.78. The zero-order valence-electron chi connectivity index (χ0n) is 10.2. The van der Waals surface area contributed by atoms with Crippen LogP contribution in [0.5, 0.6) is 0 Å². The van der Waals surface area contributed by atoms with Crippen molar-refractivity contribution >= 4 is 38.5 Å². The maximum absolute atomic E-state index is 11.9. The van der Waals surface area contributed by atoms with Gasteiger partial charge in [0.15, 0.2) is 0 Å². The highest BCUT2D eigenvalue weighted by Gasteiger charge is 2.14. The molecule has 2 aromatic rings. The first-order valence-corrected chi connectivity index (χ1v) is 8.18. The van der Waals surface area contributed by atoms with E-state index in [9.17, 15) is 13.2 Å². The van der Waals surface area contributed by atoms with Crippen LogP contribution >= 0.6 is 22.6 Å². The Morgan fingerprint density at radius 2 is 1.55 bits per heavy atom. The fourth-order valence-corrected chi connectivity index (χ4v) is 2.67. The highest BCUT2D eigenvalue weighted by molar-refractivity contribution is 14.1. The smallest absolute Gasteiger partial charge is 0.266 e. The minimum atomic E-state index is -3.75. The summed E-state index contributed by atoms with van der Waals surface area (Å²) in [5.41, 5.74) is 2.55. The van der Waals surface area contributed by atoms with Crippen molar-refractivity contribution in [3.05, 3.63) is 63.7 Å². The van der Waals surface area contributed by atoms with Crippen molar-refractivity contribution in [3.8, 4) is 0 Å². The average molecular weight is 402 g/mol. The summed E-state index contributed by atoms with van der Waals surface area (Å²) in [6, 6.07) is 14.6. The molecule has 0 saturated carbocycles. The lowest BCUT2D eigenvalue weighted by molar-refractivity contribution is 0.0945. The Balaban J connectivity index is 2.05. The Bertz CT molecular complexity index is 700. The van der Waals surface area contributed by atoms with Gasteiger partial charge in [0.1, 0.15) is 0 Å². The molecule has 0 unspecified atom stereocenters. The van der Waals surface area contributed by atoms with Gasteiger partial charge in [0.05, 0.1) is 4.90 Å². The summed E-state index contributed by atoms with van der Waals surface area (Å²) in [6.45, 7) is 0. The van der Waals surface area contributed by atoms with Gasteiger partial charge < -0.3 is 0 Å². The molecule has 7 heteroatoms. The van der Waals surface area contributed by atoms with E-state index in [0.29, 0.717) is 5.56 Å². The van der Waals surface area contributed by atoms with E-state index in [1.54, 1.807) is 42.5 Å². The Morgan fingerprint density at radius 1 is 0.950 bits per heavy atom. The third-order valence-corrected chi connectivity index (χ3v) is 4.44. The zero-order chi connectivity index (χ0) is 14.6. The van der Waals surface area contributed by atoms with E-state index in [-0.39, 0.29) is 4.90 Å². The maximum Gasteiger partial charge on any atom is 0.266 e. The van der Waals surface area contributed by atoms with Gasteiger partial charge in [-0.3, -0.25) is 10.2 Å². The number of sulfonamides is 1. The second kappa shape index (κ2) is 6.33. The topological polar surface area (TPSA) is 75.3 Å². The summed E-state index contributed by atoms with van der Waals surface area (Å²) in [4.78, 5) is 13.9. The van der Waals surface area contributed by atoms with E-state index in [4.69, 9.17) is 0 Å². The lowest BCUT2D eigenvalue weighted by atomic mass is 10.2. The van der Waals surface area contributed by atoms with Gasteiger partial charge in [-0.2, -0.15) is 0 Å². The van der Waals surface area contributed by atoms with Crippen molar-refractivity contribution in [3.63, 3.8) is 0 Å². The van der Waals surface area contributed by atoms with Gasteiger partial charge in [-0.05, 0) is 59.0 Å². The second-order valence-corrected chi connectivity index (χ2v) is 6.81. The number of hydrazine groups is 1. The van der Waals surface area contributed by atoms with E-state index >= 15 is 0 Å². The summed E-state index contributed by atoms with van der Waals surface area (Å²) >= 11 is 2.12. The standard InChI is InChI=1S/C13H11IN2O3S/c14-11-8-6-10(7-9-11)13(17)15-16-20(18,19)12-4-2-1-3-5-12/h1-9,16H,(H,15,17). The molecule has 2 rings (SSSR count). The molecular formula is C13H11IN2O3S. The van der Waals surface area contributed by atoms with Crippen molar-refractivity contribution in [2.75, 3.05) is 0 Å². The van der Waals surface area contributed by atoms with E-state index in [2.05, 4.69) is 32.8 Å². The van der Waals surface area contributed by atoms with E-state index in [1.165, 1.54) is 12.1 Å². The number of carbonyl (C=O) groups is 1. The summed E-state index contributed by atoms with van der Waals surface area (Å²) in [5, 5.41) is 0. The molecule has 20 heavy (non-hydrogen) atoms. The molecule has 0 aromatic heterocycles. The second-order valence-electron chi connectivity index (χ2n) is 3.88. The monoisotopic (exact) mass is 402 g/mol. The Morgan fingerprint density at radius 3 is 2.15 bits per heavy atom. The Labute approximate surface area is 130 Å². The van der Waals surface area contributed by atoms with Crippen molar-refractivity contribution in [2.24, 2.45) is 0 Å². The van der Waals surface area contributed by atoms with Crippen LogP contribution in [0.1, 0.15) is 10.4 Å². The molecule has 5 nitrogen and oxygen atoms in total. The predicted molar refractivity (Wildman–Crippen MR) is 83.4 cm³/mol. The van der Waals surface area contributed by atoms with Crippen LogP contribution in [0, 0.1) is 3.57 Å². The van der Waals surface area contributed by atoms with Gasteiger partial charge in [-0.25, -0.2) is 8.42 Å².